The first-order valence-electron chi connectivity index (χ1n) is 10.6. The van der Waals surface area contributed by atoms with E-state index in [2.05, 4.69) is 5.32 Å². The van der Waals surface area contributed by atoms with Crippen LogP contribution in [-0.4, -0.2) is 40.4 Å². The SMILES string of the molecule is CCNC(=O)N(Cc1c(C)nn(-c2ccccc2)c1Oc1cccc(OC)c1)C1CC1. The number of benzene rings is 2. The highest BCUT2D eigenvalue weighted by atomic mass is 16.5. The average Bonchev–Trinajstić information content (AvgIpc) is 3.58. The molecule has 2 aromatic carbocycles. The number of rotatable bonds is 8. The number of urea groups is 1. The number of hydrogen-bond donors (Lipinski definition) is 1. The first-order valence-corrected chi connectivity index (χ1v) is 10.6. The molecule has 4 rings (SSSR count). The number of amides is 2. The third-order valence-electron chi connectivity index (χ3n) is 5.30. The van der Waals surface area contributed by atoms with Crippen LogP contribution in [0.3, 0.4) is 0 Å². The van der Waals surface area contributed by atoms with Gasteiger partial charge in [-0.3, -0.25) is 0 Å². The topological polar surface area (TPSA) is 68.6 Å². The first kappa shape index (κ1) is 20.8. The summed E-state index contributed by atoms with van der Waals surface area (Å²) in [6.07, 6.45) is 2.05. The molecule has 31 heavy (non-hydrogen) atoms. The van der Waals surface area contributed by atoms with Gasteiger partial charge in [0.25, 0.3) is 0 Å². The molecule has 0 aliphatic heterocycles. The molecule has 1 aliphatic rings. The number of ether oxygens (including phenoxy) is 2. The maximum Gasteiger partial charge on any atom is 0.317 e. The highest BCUT2D eigenvalue weighted by Gasteiger charge is 2.34. The van der Waals surface area contributed by atoms with Gasteiger partial charge >= 0.3 is 6.03 Å². The van der Waals surface area contributed by atoms with Crippen LogP contribution < -0.4 is 14.8 Å². The Labute approximate surface area is 182 Å². The summed E-state index contributed by atoms with van der Waals surface area (Å²) >= 11 is 0. The van der Waals surface area contributed by atoms with Crippen LogP contribution in [0, 0.1) is 6.92 Å². The molecular weight excluding hydrogens is 392 g/mol. The molecule has 1 N–H and O–H groups in total. The monoisotopic (exact) mass is 420 g/mol. The lowest BCUT2D eigenvalue weighted by Crippen LogP contribution is -2.40. The maximum absolute atomic E-state index is 12.7. The lowest BCUT2D eigenvalue weighted by Gasteiger charge is -2.23. The van der Waals surface area contributed by atoms with E-state index in [0.29, 0.717) is 30.5 Å². The number of para-hydroxylation sites is 1. The van der Waals surface area contributed by atoms with E-state index in [1.54, 1.807) is 11.8 Å². The minimum atomic E-state index is -0.0517. The highest BCUT2D eigenvalue weighted by molar-refractivity contribution is 5.75. The van der Waals surface area contributed by atoms with E-state index in [0.717, 1.165) is 29.8 Å². The summed E-state index contributed by atoms with van der Waals surface area (Å²) in [5.74, 6) is 1.96. The molecule has 0 atom stereocenters. The van der Waals surface area contributed by atoms with Gasteiger partial charge in [0.15, 0.2) is 0 Å². The summed E-state index contributed by atoms with van der Waals surface area (Å²) in [6.45, 7) is 4.92. The van der Waals surface area contributed by atoms with Gasteiger partial charge < -0.3 is 19.7 Å². The number of aryl methyl sites for hydroxylation is 1. The van der Waals surface area contributed by atoms with Gasteiger partial charge in [0, 0.05) is 18.7 Å². The summed E-state index contributed by atoms with van der Waals surface area (Å²) in [7, 11) is 1.63. The van der Waals surface area contributed by atoms with Gasteiger partial charge in [0.05, 0.1) is 30.6 Å². The minimum absolute atomic E-state index is 0.0517. The summed E-state index contributed by atoms with van der Waals surface area (Å²) in [6, 6.07) is 17.5. The van der Waals surface area contributed by atoms with Crippen LogP contribution in [0.1, 0.15) is 31.0 Å². The quantitative estimate of drug-likeness (QED) is 0.575. The normalized spacial score (nSPS) is 13.0. The van der Waals surface area contributed by atoms with E-state index in [9.17, 15) is 4.79 Å². The Balaban J connectivity index is 1.75. The molecule has 7 nitrogen and oxygen atoms in total. The molecule has 1 heterocycles. The van der Waals surface area contributed by atoms with E-state index >= 15 is 0 Å². The van der Waals surface area contributed by atoms with Crippen molar-refractivity contribution in [2.75, 3.05) is 13.7 Å². The van der Waals surface area contributed by atoms with Crippen LogP contribution in [0.15, 0.2) is 54.6 Å². The van der Waals surface area contributed by atoms with Crippen LogP contribution in [0.5, 0.6) is 17.4 Å². The van der Waals surface area contributed by atoms with Crippen molar-refractivity contribution < 1.29 is 14.3 Å². The van der Waals surface area contributed by atoms with Gasteiger partial charge in [-0.1, -0.05) is 24.3 Å². The lowest BCUT2D eigenvalue weighted by atomic mass is 10.2. The van der Waals surface area contributed by atoms with Gasteiger partial charge in [0.1, 0.15) is 11.5 Å². The summed E-state index contributed by atoms with van der Waals surface area (Å²) in [4.78, 5) is 14.6. The van der Waals surface area contributed by atoms with Crippen molar-refractivity contribution in [3.05, 3.63) is 65.9 Å². The molecule has 0 radical (unpaired) electrons. The van der Waals surface area contributed by atoms with Crippen LogP contribution >= 0.6 is 0 Å². The smallest absolute Gasteiger partial charge is 0.317 e. The molecule has 1 aliphatic carbocycles. The van der Waals surface area contributed by atoms with Crippen LogP contribution in [0.4, 0.5) is 4.79 Å². The first-order chi connectivity index (χ1) is 15.1. The van der Waals surface area contributed by atoms with Gasteiger partial charge in [-0.2, -0.15) is 5.10 Å². The second-order valence-corrected chi connectivity index (χ2v) is 7.59. The molecule has 0 spiro atoms. The molecule has 0 unspecified atom stereocenters. The number of hydrogen-bond acceptors (Lipinski definition) is 4. The van der Waals surface area contributed by atoms with Crippen molar-refractivity contribution in [3.8, 4) is 23.1 Å². The third kappa shape index (κ3) is 4.66. The minimum Gasteiger partial charge on any atom is -0.497 e. The van der Waals surface area contributed by atoms with Crippen molar-refractivity contribution in [2.45, 2.75) is 39.3 Å². The van der Waals surface area contributed by atoms with Crippen molar-refractivity contribution in [2.24, 2.45) is 0 Å². The van der Waals surface area contributed by atoms with Gasteiger partial charge in [-0.15, -0.1) is 0 Å². The van der Waals surface area contributed by atoms with E-state index in [1.165, 1.54) is 0 Å². The molecule has 1 aromatic heterocycles. The number of methoxy groups -OCH3 is 1. The van der Waals surface area contributed by atoms with Crippen LogP contribution in [-0.2, 0) is 6.54 Å². The van der Waals surface area contributed by atoms with Gasteiger partial charge in [0.2, 0.25) is 5.88 Å². The Morgan fingerprint density at radius 3 is 2.58 bits per heavy atom. The summed E-state index contributed by atoms with van der Waals surface area (Å²) in [5, 5.41) is 7.69. The van der Waals surface area contributed by atoms with E-state index < -0.39 is 0 Å². The van der Waals surface area contributed by atoms with Gasteiger partial charge in [-0.05, 0) is 51.0 Å². The Morgan fingerprint density at radius 2 is 1.90 bits per heavy atom. The largest absolute Gasteiger partial charge is 0.497 e. The number of nitrogens with one attached hydrogen (secondary N) is 1. The fraction of sp³-hybridized carbons (Fsp3) is 0.333. The second kappa shape index (κ2) is 9.12. The highest BCUT2D eigenvalue weighted by Crippen LogP contribution is 2.35. The van der Waals surface area contributed by atoms with Crippen molar-refractivity contribution in [3.63, 3.8) is 0 Å². The van der Waals surface area contributed by atoms with Gasteiger partial charge in [-0.25, -0.2) is 9.48 Å². The predicted molar refractivity (Wildman–Crippen MR) is 119 cm³/mol. The molecule has 1 fully saturated rings. The fourth-order valence-corrected chi connectivity index (χ4v) is 3.52. The molecule has 3 aromatic rings. The molecule has 0 bridgehead atoms. The Bertz CT molecular complexity index is 1040. The standard InChI is InChI=1S/C24H28N4O3/c1-4-25-24(29)27(18-13-14-18)16-22-17(2)26-28(19-9-6-5-7-10-19)23(22)31-21-12-8-11-20(15-21)30-3/h5-12,15,18H,4,13-14,16H2,1-3H3,(H,25,29). The van der Waals surface area contributed by atoms with Crippen LogP contribution in [0.25, 0.3) is 5.69 Å². The molecule has 7 heteroatoms. The zero-order valence-electron chi connectivity index (χ0n) is 18.2. The fourth-order valence-electron chi connectivity index (χ4n) is 3.52. The van der Waals surface area contributed by atoms with Crippen molar-refractivity contribution in [1.82, 2.24) is 20.0 Å². The molecule has 2 amide bonds. The maximum atomic E-state index is 12.7. The lowest BCUT2D eigenvalue weighted by molar-refractivity contribution is 0.192. The van der Waals surface area contributed by atoms with E-state index in [-0.39, 0.29) is 12.1 Å². The molecular formula is C24H28N4O3. The Hall–Kier alpha value is -3.48. The zero-order valence-corrected chi connectivity index (χ0v) is 18.2. The van der Waals surface area contributed by atoms with Crippen molar-refractivity contribution in [1.29, 1.82) is 0 Å². The van der Waals surface area contributed by atoms with E-state index in [4.69, 9.17) is 14.6 Å². The Morgan fingerprint density at radius 1 is 1.16 bits per heavy atom. The Kier molecular flexibility index (Phi) is 6.11. The molecule has 162 valence electrons. The summed E-state index contributed by atoms with van der Waals surface area (Å²) < 4.78 is 13.5. The predicted octanol–water partition coefficient (Wildman–Crippen LogP) is 4.68. The number of carbonyl (C=O) groups excluding carboxylic acids is 1. The third-order valence-corrected chi connectivity index (χ3v) is 5.30. The second-order valence-electron chi connectivity index (χ2n) is 7.59. The number of nitrogens with zero attached hydrogens (tertiary/aromatic N) is 3. The molecule has 0 saturated heterocycles. The molecule has 1 saturated carbocycles. The number of carbonyl (C=O) groups is 1. The average molecular weight is 421 g/mol. The van der Waals surface area contributed by atoms with Crippen LogP contribution in [0.2, 0.25) is 0 Å². The van der Waals surface area contributed by atoms with E-state index in [1.807, 2.05) is 73.3 Å². The summed E-state index contributed by atoms with van der Waals surface area (Å²) in [5.41, 5.74) is 2.62. The van der Waals surface area contributed by atoms with Crippen molar-refractivity contribution >= 4 is 6.03 Å². The number of aromatic nitrogens is 2. The zero-order chi connectivity index (χ0) is 21.8.